The van der Waals surface area contributed by atoms with Crippen LogP contribution in [0, 0.1) is 0 Å². The third-order valence-electron chi connectivity index (χ3n) is 0.840. The van der Waals surface area contributed by atoms with E-state index in [-0.39, 0.29) is 0 Å². The molecule has 0 atom stereocenters. The minimum atomic E-state index is -4.84. The molecule has 10 heteroatoms. The van der Waals surface area contributed by atoms with E-state index in [0.29, 0.717) is 0 Å². The first kappa shape index (κ1) is 12.7. The Labute approximate surface area is 72.8 Å². The van der Waals surface area contributed by atoms with Crippen LogP contribution in [0.4, 0.5) is 13.2 Å². The van der Waals surface area contributed by atoms with Crippen molar-refractivity contribution in [3.05, 3.63) is 0 Å². The molecule has 0 aliphatic heterocycles. The van der Waals surface area contributed by atoms with Crippen molar-refractivity contribution in [1.82, 2.24) is 4.72 Å². The molecule has 78 valence electrons. The van der Waals surface area contributed by atoms with Gasteiger partial charge < -0.3 is 10.0 Å². The molecule has 0 saturated heterocycles. The van der Waals surface area contributed by atoms with Crippen LogP contribution < -0.4 is 4.72 Å². The monoisotopic (exact) mass is 221 g/mol. The second kappa shape index (κ2) is 4.27. The van der Waals surface area contributed by atoms with Crippen molar-refractivity contribution in [3.63, 3.8) is 0 Å². The van der Waals surface area contributed by atoms with Crippen LogP contribution in [0.5, 0.6) is 0 Å². The Kier molecular flexibility index (Phi) is 4.16. The van der Waals surface area contributed by atoms with Gasteiger partial charge >= 0.3 is 13.3 Å². The van der Waals surface area contributed by atoms with E-state index in [9.17, 15) is 21.6 Å². The number of alkyl halides is 3. The second-order valence-corrected chi connectivity index (χ2v) is 4.01. The molecule has 0 heterocycles. The molecule has 0 spiro atoms. The molecule has 5 nitrogen and oxygen atoms in total. The van der Waals surface area contributed by atoms with Gasteiger partial charge in [-0.05, 0) is 0 Å². The molecule has 0 aliphatic rings. The van der Waals surface area contributed by atoms with Crippen molar-refractivity contribution >= 4 is 17.1 Å². The van der Waals surface area contributed by atoms with E-state index in [1.54, 1.807) is 0 Å². The molecule has 0 unspecified atom stereocenters. The maximum absolute atomic E-state index is 11.5. The Morgan fingerprint density at radius 3 is 2.08 bits per heavy atom. The fraction of sp³-hybridized carbons (Fsp3) is 1.00. The first-order chi connectivity index (χ1) is 5.62. The molecule has 13 heavy (non-hydrogen) atoms. The van der Waals surface area contributed by atoms with Gasteiger partial charge in [0.25, 0.3) is 0 Å². The number of halogens is 3. The largest absolute Gasteiger partial charge is 0.467 e. The third kappa shape index (κ3) is 8.03. The van der Waals surface area contributed by atoms with Gasteiger partial charge in [-0.1, -0.05) is 0 Å². The third-order valence-corrected chi connectivity index (χ3v) is 2.15. The van der Waals surface area contributed by atoms with Gasteiger partial charge in [0.2, 0.25) is 10.0 Å². The Morgan fingerprint density at radius 1 is 1.31 bits per heavy atom. The van der Waals surface area contributed by atoms with E-state index in [4.69, 9.17) is 10.0 Å². The highest BCUT2D eigenvalue weighted by Crippen LogP contribution is 2.16. The number of nitrogens with one attached hydrogen (secondary N) is 1. The van der Waals surface area contributed by atoms with E-state index in [1.807, 2.05) is 0 Å². The molecule has 0 aliphatic carbocycles. The average Bonchev–Trinajstić information content (AvgIpc) is 1.78. The summed E-state index contributed by atoms with van der Waals surface area (Å²) in [6, 6.07) is 0. The maximum Gasteiger partial charge on any atom is 0.467 e. The van der Waals surface area contributed by atoms with Crippen molar-refractivity contribution < 1.29 is 31.6 Å². The SMILES string of the molecule is O=S(=O)(CC(F)(F)F)NCB(O)O. The molecule has 0 fully saturated rings. The van der Waals surface area contributed by atoms with Crippen LogP contribution in [0.15, 0.2) is 0 Å². The summed E-state index contributed by atoms with van der Waals surface area (Å²) < 4.78 is 57.0. The van der Waals surface area contributed by atoms with Crippen LogP contribution in [-0.4, -0.2) is 44.0 Å². The molecule has 0 aromatic rings. The van der Waals surface area contributed by atoms with Crippen LogP contribution >= 0.6 is 0 Å². The van der Waals surface area contributed by atoms with E-state index in [2.05, 4.69) is 0 Å². The lowest BCUT2D eigenvalue weighted by Gasteiger charge is -2.08. The second-order valence-electron chi connectivity index (χ2n) is 2.20. The van der Waals surface area contributed by atoms with E-state index < -0.39 is 35.5 Å². The zero-order chi connectivity index (χ0) is 10.7. The molecular weight excluding hydrogens is 214 g/mol. The van der Waals surface area contributed by atoms with E-state index >= 15 is 0 Å². The first-order valence-corrected chi connectivity index (χ1v) is 4.68. The lowest BCUT2D eigenvalue weighted by molar-refractivity contribution is -0.106. The zero-order valence-corrected chi connectivity index (χ0v) is 7.06. The molecular formula is C3H7BF3NO4S. The first-order valence-electron chi connectivity index (χ1n) is 3.02. The van der Waals surface area contributed by atoms with Crippen LogP contribution in [-0.2, 0) is 10.0 Å². The number of rotatable bonds is 4. The predicted molar refractivity (Wildman–Crippen MR) is 38.0 cm³/mol. The standard InChI is InChI=1S/C3H7BF3NO4S/c5-3(6,7)1-13(11,12)8-2-4(9)10/h8-10H,1-2H2. The quantitative estimate of drug-likeness (QED) is 0.503. The van der Waals surface area contributed by atoms with Crippen molar-refractivity contribution in [2.45, 2.75) is 6.18 Å². The van der Waals surface area contributed by atoms with Gasteiger partial charge in [-0.15, -0.1) is 0 Å². The van der Waals surface area contributed by atoms with Crippen LogP contribution in [0.1, 0.15) is 0 Å². The molecule has 0 bridgehead atoms. The van der Waals surface area contributed by atoms with Crippen molar-refractivity contribution in [1.29, 1.82) is 0 Å². The zero-order valence-electron chi connectivity index (χ0n) is 6.24. The molecule has 0 rings (SSSR count). The minimum Gasteiger partial charge on any atom is -0.426 e. The van der Waals surface area contributed by atoms with Crippen LogP contribution in [0.3, 0.4) is 0 Å². The molecule has 3 N–H and O–H groups in total. The van der Waals surface area contributed by atoms with Gasteiger partial charge in [-0.3, -0.25) is 0 Å². The summed E-state index contributed by atoms with van der Waals surface area (Å²) >= 11 is 0. The Balaban J connectivity index is 4.11. The van der Waals surface area contributed by atoms with E-state index in [1.165, 1.54) is 4.72 Å². The molecule has 0 aromatic heterocycles. The van der Waals surface area contributed by atoms with Crippen molar-refractivity contribution in [3.8, 4) is 0 Å². The van der Waals surface area contributed by atoms with Gasteiger partial charge in [0.15, 0.2) is 5.75 Å². The number of hydrogen-bond donors (Lipinski definition) is 3. The predicted octanol–water partition coefficient (Wildman–Crippen LogP) is -1.52. The number of hydrogen-bond acceptors (Lipinski definition) is 4. The Morgan fingerprint density at radius 2 is 1.77 bits per heavy atom. The minimum absolute atomic E-state index is 0.863. The smallest absolute Gasteiger partial charge is 0.426 e. The van der Waals surface area contributed by atoms with Gasteiger partial charge in [0.1, 0.15) is 0 Å². The average molecular weight is 221 g/mol. The summed E-state index contributed by atoms with van der Waals surface area (Å²) in [6.07, 6.45) is -5.70. The topological polar surface area (TPSA) is 86.6 Å². The lowest BCUT2D eigenvalue weighted by Crippen LogP contribution is -2.39. The molecule has 0 aromatic carbocycles. The fourth-order valence-corrected chi connectivity index (χ4v) is 1.40. The van der Waals surface area contributed by atoms with Crippen molar-refractivity contribution in [2.24, 2.45) is 0 Å². The summed E-state index contributed by atoms with van der Waals surface area (Å²) in [5.41, 5.74) is 0. The normalized spacial score (nSPS) is 13.0. The molecule has 0 amide bonds. The fourth-order valence-electron chi connectivity index (χ4n) is 0.468. The Bertz CT molecular complexity index is 250. The highest BCUT2D eigenvalue weighted by Gasteiger charge is 2.35. The van der Waals surface area contributed by atoms with Gasteiger partial charge in [-0.2, -0.15) is 13.2 Å². The summed E-state index contributed by atoms with van der Waals surface area (Å²) in [4.78, 5) is 0. The van der Waals surface area contributed by atoms with Gasteiger partial charge in [0, 0.05) is 6.44 Å². The van der Waals surface area contributed by atoms with Crippen LogP contribution in [0.25, 0.3) is 0 Å². The molecule has 0 saturated carbocycles. The Hall–Kier alpha value is -0.315. The summed E-state index contributed by atoms with van der Waals surface area (Å²) in [5.74, 6) is -2.04. The summed E-state index contributed by atoms with van der Waals surface area (Å²) in [6.45, 7) is 0. The van der Waals surface area contributed by atoms with Crippen LogP contribution in [0.2, 0.25) is 0 Å². The lowest BCUT2D eigenvalue weighted by atomic mass is 9.94. The highest BCUT2D eigenvalue weighted by molar-refractivity contribution is 7.89. The molecule has 0 radical (unpaired) electrons. The summed E-state index contributed by atoms with van der Waals surface area (Å²) in [5, 5.41) is 16.3. The highest BCUT2D eigenvalue weighted by atomic mass is 32.2. The number of sulfonamides is 1. The maximum atomic E-state index is 11.5. The van der Waals surface area contributed by atoms with Gasteiger partial charge in [0.05, 0.1) is 0 Å². The summed E-state index contributed by atoms with van der Waals surface area (Å²) in [7, 11) is -6.54. The van der Waals surface area contributed by atoms with Gasteiger partial charge in [-0.25, -0.2) is 13.1 Å². The van der Waals surface area contributed by atoms with E-state index in [0.717, 1.165) is 0 Å². The van der Waals surface area contributed by atoms with Crippen molar-refractivity contribution in [2.75, 3.05) is 12.2 Å².